The van der Waals surface area contributed by atoms with Gasteiger partial charge in [-0.3, -0.25) is 0 Å². The van der Waals surface area contributed by atoms with Crippen LogP contribution in [0.25, 0.3) is 0 Å². The zero-order valence-electron chi connectivity index (χ0n) is 7.16. The Morgan fingerprint density at radius 3 is 2.42 bits per heavy atom. The highest BCUT2D eigenvalue weighted by Crippen LogP contribution is 2.39. The fourth-order valence-electron chi connectivity index (χ4n) is 1.58. The number of likely N-dealkylation sites (N-methyl/N-ethyl adjacent to an activating group) is 1. The molecule has 2 rings (SSSR count). The minimum Gasteiger partial charge on any atom is -0.316 e. The second kappa shape index (κ2) is 3.92. The van der Waals surface area contributed by atoms with E-state index in [9.17, 15) is 0 Å². The summed E-state index contributed by atoms with van der Waals surface area (Å²) >= 11 is 0. The molecular weight excluding hydrogens is 170 g/mol. The first-order valence-electron chi connectivity index (χ1n) is 4.14. The van der Waals surface area contributed by atoms with Crippen molar-refractivity contribution in [2.75, 3.05) is 7.05 Å². The van der Waals surface area contributed by atoms with E-state index in [-0.39, 0.29) is 12.4 Å². The Morgan fingerprint density at radius 2 is 1.92 bits per heavy atom. The highest BCUT2D eigenvalue weighted by atomic mass is 35.5. The topological polar surface area (TPSA) is 12.0 Å². The third kappa shape index (κ3) is 1.79. The van der Waals surface area contributed by atoms with Gasteiger partial charge in [-0.2, -0.15) is 0 Å². The van der Waals surface area contributed by atoms with Crippen LogP contribution >= 0.6 is 12.4 Å². The lowest BCUT2D eigenvalue weighted by Gasteiger charge is -1.97. The van der Waals surface area contributed by atoms with E-state index in [1.165, 1.54) is 12.0 Å². The minimum atomic E-state index is 0. The summed E-state index contributed by atoms with van der Waals surface area (Å²) in [5.74, 6) is 0.779. The van der Waals surface area contributed by atoms with E-state index >= 15 is 0 Å². The molecule has 1 saturated carbocycles. The maximum Gasteiger partial charge on any atom is 0.0140 e. The fourth-order valence-corrected chi connectivity index (χ4v) is 1.58. The Balaban J connectivity index is 0.000000720. The lowest BCUT2D eigenvalue weighted by molar-refractivity contribution is 0.783. The minimum absolute atomic E-state index is 0. The lowest BCUT2D eigenvalue weighted by atomic mass is 10.1. The van der Waals surface area contributed by atoms with Crippen LogP contribution in [0.4, 0.5) is 0 Å². The van der Waals surface area contributed by atoms with Gasteiger partial charge in [0, 0.05) is 12.0 Å². The summed E-state index contributed by atoms with van der Waals surface area (Å²) in [4.78, 5) is 0. The van der Waals surface area contributed by atoms with E-state index in [4.69, 9.17) is 0 Å². The van der Waals surface area contributed by atoms with E-state index in [1.807, 2.05) is 7.05 Å². The number of hydrogen-bond donors (Lipinski definition) is 1. The average Bonchev–Trinajstić information content (AvgIpc) is 2.85. The fraction of sp³-hybridized carbons (Fsp3) is 0.400. The first-order valence-corrected chi connectivity index (χ1v) is 4.14. The standard InChI is InChI=1S/C10H13N.ClH/c1-11-10-7-9(10)8-5-3-2-4-6-8;/h2-6,9-11H,7H2,1H3;1H/t9-,10+;/m1./s1. The Kier molecular flexibility index (Phi) is 3.12. The first kappa shape index (κ1) is 9.56. The summed E-state index contributed by atoms with van der Waals surface area (Å²) < 4.78 is 0. The molecule has 0 unspecified atom stereocenters. The Hall–Kier alpha value is -0.530. The highest BCUT2D eigenvalue weighted by Gasteiger charge is 2.36. The number of nitrogens with one attached hydrogen (secondary N) is 1. The molecule has 0 spiro atoms. The molecule has 1 aliphatic carbocycles. The van der Waals surface area contributed by atoms with E-state index < -0.39 is 0 Å². The molecule has 0 radical (unpaired) electrons. The van der Waals surface area contributed by atoms with Crippen LogP contribution in [-0.2, 0) is 0 Å². The molecule has 1 N–H and O–H groups in total. The zero-order valence-corrected chi connectivity index (χ0v) is 7.97. The second-order valence-electron chi connectivity index (χ2n) is 3.15. The lowest BCUT2D eigenvalue weighted by Crippen LogP contribution is -2.09. The Morgan fingerprint density at radius 1 is 1.25 bits per heavy atom. The molecule has 1 aromatic carbocycles. The third-order valence-corrected chi connectivity index (χ3v) is 2.39. The summed E-state index contributed by atoms with van der Waals surface area (Å²) in [6.45, 7) is 0. The van der Waals surface area contributed by atoms with Gasteiger partial charge in [-0.1, -0.05) is 30.3 Å². The Labute approximate surface area is 79.6 Å². The monoisotopic (exact) mass is 183 g/mol. The highest BCUT2D eigenvalue weighted by molar-refractivity contribution is 5.85. The molecule has 12 heavy (non-hydrogen) atoms. The molecule has 0 aromatic heterocycles. The third-order valence-electron chi connectivity index (χ3n) is 2.39. The van der Waals surface area contributed by atoms with Crippen molar-refractivity contribution in [2.45, 2.75) is 18.4 Å². The molecule has 0 aliphatic heterocycles. The molecule has 0 saturated heterocycles. The maximum absolute atomic E-state index is 3.29. The predicted octanol–water partition coefficient (Wildman–Crippen LogP) is 2.18. The van der Waals surface area contributed by atoms with Gasteiger partial charge in [-0.15, -0.1) is 12.4 Å². The van der Waals surface area contributed by atoms with E-state index in [0.29, 0.717) is 0 Å². The van der Waals surface area contributed by atoms with Crippen molar-refractivity contribution in [1.29, 1.82) is 0 Å². The van der Waals surface area contributed by atoms with Crippen LogP contribution in [0.5, 0.6) is 0 Å². The van der Waals surface area contributed by atoms with Gasteiger partial charge >= 0.3 is 0 Å². The average molecular weight is 184 g/mol. The van der Waals surface area contributed by atoms with Gasteiger partial charge in [0.2, 0.25) is 0 Å². The predicted molar refractivity (Wildman–Crippen MR) is 53.9 cm³/mol. The molecule has 0 amide bonds. The second-order valence-corrected chi connectivity index (χ2v) is 3.15. The Bertz CT molecular complexity index is 235. The quantitative estimate of drug-likeness (QED) is 0.741. The first-order chi connectivity index (χ1) is 5.42. The summed E-state index contributed by atoms with van der Waals surface area (Å²) in [6.07, 6.45) is 1.31. The van der Waals surface area contributed by atoms with Crippen LogP contribution in [0.3, 0.4) is 0 Å². The van der Waals surface area contributed by atoms with Crippen molar-refractivity contribution in [2.24, 2.45) is 0 Å². The van der Waals surface area contributed by atoms with Gasteiger partial charge in [0.05, 0.1) is 0 Å². The van der Waals surface area contributed by atoms with Crippen molar-refractivity contribution in [3.05, 3.63) is 35.9 Å². The van der Waals surface area contributed by atoms with Crippen LogP contribution in [0.2, 0.25) is 0 Å². The SMILES string of the molecule is CN[C@H]1C[C@@H]1c1ccccc1.Cl. The van der Waals surface area contributed by atoms with Gasteiger partial charge in [0.15, 0.2) is 0 Å². The van der Waals surface area contributed by atoms with Crippen LogP contribution < -0.4 is 5.32 Å². The number of rotatable bonds is 2. The van der Waals surface area contributed by atoms with Crippen molar-refractivity contribution in [1.82, 2.24) is 5.32 Å². The molecule has 1 fully saturated rings. The van der Waals surface area contributed by atoms with Gasteiger partial charge in [0.25, 0.3) is 0 Å². The summed E-state index contributed by atoms with van der Waals surface area (Å²) in [7, 11) is 2.04. The molecule has 2 atom stereocenters. The van der Waals surface area contributed by atoms with Gasteiger partial charge in [-0.25, -0.2) is 0 Å². The smallest absolute Gasteiger partial charge is 0.0140 e. The van der Waals surface area contributed by atoms with Gasteiger partial charge in [0.1, 0.15) is 0 Å². The molecule has 2 heteroatoms. The largest absolute Gasteiger partial charge is 0.316 e. The number of benzene rings is 1. The molecular formula is C10H14ClN. The van der Waals surface area contributed by atoms with Crippen LogP contribution in [0, 0.1) is 0 Å². The van der Waals surface area contributed by atoms with Gasteiger partial charge < -0.3 is 5.32 Å². The summed E-state index contributed by atoms with van der Waals surface area (Å²) in [6, 6.07) is 11.4. The van der Waals surface area contributed by atoms with Crippen molar-refractivity contribution in [3.8, 4) is 0 Å². The van der Waals surface area contributed by atoms with E-state index in [0.717, 1.165) is 12.0 Å². The van der Waals surface area contributed by atoms with Gasteiger partial charge in [-0.05, 0) is 19.0 Å². The molecule has 1 nitrogen and oxygen atoms in total. The summed E-state index contributed by atoms with van der Waals surface area (Å²) in [5, 5.41) is 3.29. The van der Waals surface area contributed by atoms with E-state index in [1.54, 1.807) is 0 Å². The molecule has 1 aromatic rings. The molecule has 1 aliphatic rings. The molecule has 66 valence electrons. The van der Waals surface area contributed by atoms with Crippen LogP contribution in [0.15, 0.2) is 30.3 Å². The number of halogens is 1. The normalized spacial score (nSPS) is 26.1. The molecule has 0 heterocycles. The summed E-state index contributed by atoms with van der Waals surface area (Å²) in [5.41, 5.74) is 1.48. The van der Waals surface area contributed by atoms with Crippen LogP contribution in [0.1, 0.15) is 17.9 Å². The maximum atomic E-state index is 3.29. The van der Waals surface area contributed by atoms with Crippen molar-refractivity contribution in [3.63, 3.8) is 0 Å². The van der Waals surface area contributed by atoms with E-state index in [2.05, 4.69) is 35.6 Å². The van der Waals surface area contributed by atoms with Crippen molar-refractivity contribution >= 4 is 12.4 Å². The van der Waals surface area contributed by atoms with Crippen molar-refractivity contribution < 1.29 is 0 Å². The molecule has 0 bridgehead atoms. The zero-order chi connectivity index (χ0) is 7.68. The number of hydrogen-bond acceptors (Lipinski definition) is 1. The van der Waals surface area contributed by atoms with Crippen LogP contribution in [-0.4, -0.2) is 13.1 Å².